The van der Waals surface area contributed by atoms with E-state index in [-0.39, 0.29) is 66.1 Å². The molecule has 81 heavy (non-hydrogen) atoms. The van der Waals surface area contributed by atoms with Crippen LogP contribution in [0.2, 0.25) is 0 Å². The van der Waals surface area contributed by atoms with Gasteiger partial charge in [-0.3, -0.25) is 9.59 Å². The van der Waals surface area contributed by atoms with Crippen molar-refractivity contribution in [1.82, 2.24) is 19.9 Å². The highest BCUT2D eigenvalue weighted by atomic mass is 35.5. The summed E-state index contributed by atoms with van der Waals surface area (Å²) in [5.74, 6) is -3.28. The molecule has 0 saturated carbocycles. The molecule has 4 aromatic heterocycles. The van der Waals surface area contributed by atoms with Gasteiger partial charge in [-0.1, -0.05) is 48.5 Å². The van der Waals surface area contributed by atoms with Crippen LogP contribution in [0.3, 0.4) is 0 Å². The lowest BCUT2D eigenvalue weighted by Crippen LogP contribution is -2.08. The number of Topliss-reactive ketones (excluding diaryl/α,β-unsaturated/α-hetero) is 1. The zero-order valence-corrected chi connectivity index (χ0v) is 46.8. The van der Waals surface area contributed by atoms with Gasteiger partial charge in [0.1, 0.15) is 46.0 Å². The van der Waals surface area contributed by atoms with Gasteiger partial charge in [0.15, 0.2) is 5.78 Å². The molecule has 5 N–H and O–H groups in total. The number of aryl methyl sites for hydroxylation is 5. The molecule has 0 aliphatic carbocycles. The first-order valence-corrected chi connectivity index (χ1v) is 26.1. The van der Waals surface area contributed by atoms with E-state index in [2.05, 4.69) is 19.9 Å². The Hall–Kier alpha value is -8.77. The topological polar surface area (TPSA) is 213 Å². The molecule has 8 aromatic rings. The van der Waals surface area contributed by atoms with E-state index < -0.39 is 17.2 Å². The number of carbonyl (C=O) groups is 6. The Bertz CT molecular complexity index is 3310. The lowest BCUT2D eigenvalue weighted by Gasteiger charge is -2.03. The summed E-state index contributed by atoms with van der Waals surface area (Å²) in [5, 5.41) is 8.49. The number of carbonyl (C=O) groups excluding carboxylic acids is 5. The van der Waals surface area contributed by atoms with E-state index in [1.807, 2.05) is 26.1 Å². The predicted molar refractivity (Wildman–Crippen MR) is 300 cm³/mol. The Labute approximate surface area is 472 Å². The SMILES string of the molecule is CCOC(=O)c1[nH]cc(C(=O)Cc2ccc(F)cc2)c1C.CCOC(=O)c1[nH]cc(CCc2ccc(F)cc2)c1C.CCOC(=O)c1[nH]ccc1C.Cc1c(CCc2ccc(F)cc2)c[nH]c1C(=O)O.O=C(Cl)Cc1ccc(F)cc1. The van der Waals surface area contributed by atoms with Crippen LogP contribution in [0.5, 0.6) is 0 Å². The molecule has 4 aromatic carbocycles. The largest absolute Gasteiger partial charge is 0.477 e. The van der Waals surface area contributed by atoms with Gasteiger partial charge in [0.05, 0.1) is 19.8 Å². The van der Waals surface area contributed by atoms with Crippen LogP contribution < -0.4 is 0 Å². The second-order valence-electron chi connectivity index (χ2n) is 18.0. The Morgan fingerprint density at radius 2 is 0.802 bits per heavy atom. The molecule has 0 atom stereocenters. The Morgan fingerprint density at radius 3 is 1.17 bits per heavy atom. The van der Waals surface area contributed by atoms with E-state index in [4.69, 9.17) is 30.9 Å². The molecular weight excluding hydrogens is 1070 g/mol. The molecule has 14 nitrogen and oxygen atoms in total. The third kappa shape index (κ3) is 21.1. The minimum atomic E-state index is -0.944. The highest BCUT2D eigenvalue weighted by molar-refractivity contribution is 6.63. The highest BCUT2D eigenvalue weighted by Gasteiger charge is 2.20. The number of aromatic amines is 4. The Morgan fingerprint density at radius 1 is 0.444 bits per heavy atom. The number of aromatic carboxylic acids is 1. The summed E-state index contributed by atoms with van der Waals surface area (Å²) in [7, 11) is 0. The Kier molecular flexibility index (Phi) is 26.4. The molecule has 428 valence electrons. The van der Waals surface area contributed by atoms with Crippen molar-refractivity contribution in [2.24, 2.45) is 0 Å². The van der Waals surface area contributed by atoms with Crippen molar-refractivity contribution >= 4 is 46.5 Å². The van der Waals surface area contributed by atoms with Crippen LogP contribution in [0.25, 0.3) is 0 Å². The van der Waals surface area contributed by atoms with Crippen molar-refractivity contribution in [3.8, 4) is 0 Å². The number of benzene rings is 4. The summed E-state index contributed by atoms with van der Waals surface area (Å²) in [4.78, 5) is 79.3. The van der Waals surface area contributed by atoms with Gasteiger partial charge in [0, 0.05) is 43.2 Å². The van der Waals surface area contributed by atoms with Crippen molar-refractivity contribution in [1.29, 1.82) is 0 Å². The maximum absolute atomic E-state index is 12.8. The molecule has 4 heterocycles. The fourth-order valence-electron chi connectivity index (χ4n) is 7.81. The predicted octanol–water partition coefficient (Wildman–Crippen LogP) is 13.1. The zero-order chi connectivity index (χ0) is 59.6. The van der Waals surface area contributed by atoms with Crippen LogP contribution >= 0.6 is 11.6 Å². The number of nitrogens with one attached hydrogen (secondary N) is 4. The summed E-state index contributed by atoms with van der Waals surface area (Å²) < 4.78 is 65.4. The van der Waals surface area contributed by atoms with Gasteiger partial charge in [0.2, 0.25) is 5.24 Å². The van der Waals surface area contributed by atoms with Crippen LogP contribution in [-0.4, -0.2) is 79.8 Å². The van der Waals surface area contributed by atoms with E-state index in [1.165, 1.54) is 66.9 Å². The summed E-state index contributed by atoms with van der Waals surface area (Å²) in [5.41, 5.74) is 10.8. The van der Waals surface area contributed by atoms with Crippen LogP contribution in [0.1, 0.15) is 129 Å². The molecule has 0 radical (unpaired) electrons. The number of ether oxygens (including phenoxy) is 3. The highest BCUT2D eigenvalue weighted by Crippen LogP contribution is 2.20. The van der Waals surface area contributed by atoms with Gasteiger partial charge in [-0.15, -0.1) is 0 Å². The number of H-pyrrole nitrogens is 4. The second kappa shape index (κ2) is 33.0. The first-order chi connectivity index (χ1) is 38.6. The van der Waals surface area contributed by atoms with E-state index in [9.17, 15) is 46.3 Å². The van der Waals surface area contributed by atoms with Crippen LogP contribution in [0.15, 0.2) is 128 Å². The average Bonchev–Trinajstić information content (AvgIpc) is 4.31. The summed E-state index contributed by atoms with van der Waals surface area (Å²) >= 11 is 5.12. The normalized spacial score (nSPS) is 10.3. The quantitative estimate of drug-likeness (QED) is 0.0180. The van der Waals surface area contributed by atoms with Crippen LogP contribution in [0.4, 0.5) is 17.6 Å². The number of carboxylic acids is 1. The third-order valence-electron chi connectivity index (χ3n) is 12.3. The molecule has 0 bridgehead atoms. The van der Waals surface area contributed by atoms with Crippen LogP contribution in [-0.2, 0) is 57.5 Å². The number of aromatic nitrogens is 4. The molecule has 0 spiro atoms. The number of hydrogen-bond acceptors (Lipinski definition) is 9. The first kappa shape index (κ1) is 64.8. The second-order valence-corrected chi connectivity index (χ2v) is 18.4. The molecule has 0 aliphatic heterocycles. The molecule has 0 aliphatic rings. The van der Waals surface area contributed by atoms with Gasteiger partial charge in [-0.05, 0) is 196 Å². The molecule has 19 heteroatoms. The van der Waals surface area contributed by atoms with Crippen LogP contribution in [0, 0.1) is 51.0 Å². The summed E-state index contributed by atoms with van der Waals surface area (Å²) in [6.45, 7) is 13.6. The fraction of sp³-hybridized carbons (Fsp3) is 0.258. The minimum absolute atomic E-state index is 0.133. The van der Waals surface area contributed by atoms with Gasteiger partial charge in [-0.2, -0.15) is 0 Å². The standard InChI is InChI=1S/C16H16FNO3.C16H18FNO2.C14H14FNO2.C8H6ClFO.C8H11NO2/c1-3-21-16(20)15-10(2)13(9-18-15)14(19)8-11-4-6-12(17)7-5-11;1-3-20-16(19)15-11(2)13(10-18-15)7-4-12-5-8-14(17)9-6-12;1-9-11(8-16-13(9)14(17)18)5-2-10-3-6-12(15)7-4-10;9-8(11)5-6-1-3-7(10)4-2-6;1-3-11-8(10)7-6(2)4-5-9-7/h4-7,9,18H,3,8H2,1-2H3;5-6,8-10,18H,3-4,7H2,1-2H3;3-4,6-8,16H,2,5H2,1H3,(H,17,18);1-4H,5H2;4-5,9H,3H2,1-2H3. The number of carboxylic acid groups (broad SMARTS) is 1. The molecular formula is C62H65ClF4N4O10. The monoisotopic (exact) mass is 1140 g/mol. The zero-order valence-electron chi connectivity index (χ0n) is 46.0. The molecule has 0 fully saturated rings. The van der Waals surface area contributed by atoms with Crippen molar-refractivity contribution in [2.45, 2.75) is 87.0 Å². The van der Waals surface area contributed by atoms with E-state index in [0.717, 1.165) is 75.8 Å². The number of esters is 3. The van der Waals surface area contributed by atoms with Gasteiger partial charge in [-0.25, -0.2) is 36.7 Å². The molecule has 0 amide bonds. The van der Waals surface area contributed by atoms with Crippen molar-refractivity contribution in [3.63, 3.8) is 0 Å². The van der Waals surface area contributed by atoms with E-state index >= 15 is 0 Å². The first-order valence-electron chi connectivity index (χ1n) is 25.7. The van der Waals surface area contributed by atoms with E-state index in [0.29, 0.717) is 41.4 Å². The lowest BCUT2D eigenvalue weighted by molar-refractivity contribution is -0.111. The summed E-state index contributed by atoms with van der Waals surface area (Å²) in [6.07, 6.45) is 10.2. The van der Waals surface area contributed by atoms with Crippen molar-refractivity contribution in [3.05, 3.63) is 235 Å². The number of hydrogen-bond donors (Lipinski definition) is 5. The average molecular weight is 1140 g/mol. The number of rotatable bonds is 18. The van der Waals surface area contributed by atoms with Crippen molar-refractivity contribution in [2.75, 3.05) is 19.8 Å². The summed E-state index contributed by atoms with van der Waals surface area (Å²) in [6, 6.07) is 26.1. The molecule has 0 saturated heterocycles. The number of ketones is 1. The smallest absolute Gasteiger partial charge is 0.355 e. The van der Waals surface area contributed by atoms with E-state index in [1.54, 1.807) is 83.4 Å². The van der Waals surface area contributed by atoms with Crippen molar-refractivity contribution < 1.29 is 65.6 Å². The van der Waals surface area contributed by atoms with Gasteiger partial charge in [0.25, 0.3) is 0 Å². The minimum Gasteiger partial charge on any atom is -0.477 e. The lowest BCUT2D eigenvalue weighted by atomic mass is 10.0. The number of halogens is 5. The van der Waals surface area contributed by atoms with Gasteiger partial charge >= 0.3 is 23.9 Å². The molecule has 0 unspecified atom stereocenters. The maximum Gasteiger partial charge on any atom is 0.355 e. The van der Waals surface area contributed by atoms with Gasteiger partial charge < -0.3 is 39.3 Å². The third-order valence-corrected chi connectivity index (χ3v) is 12.4. The molecule has 8 rings (SSSR count). The fourth-order valence-corrected chi connectivity index (χ4v) is 7.96. The Balaban J connectivity index is 0.000000223. The maximum atomic E-state index is 12.8.